The molecule has 1 unspecified atom stereocenters. The Morgan fingerprint density at radius 1 is 1.19 bits per heavy atom. The standard InChI is InChI=1S/C12H16O4/c1-14-8-11(12(13)16-3)9-4-6-10(15-2)7-5-9/h4-7,11H,8H2,1-3H3. The van der Waals surface area contributed by atoms with Crippen LogP contribution in [-0.2, 0) is 14.3 Å². The van der Waals surface area contributed by atoms with E-state index in [2.05, 4.69) is 0 Å². The summed E-state index contributed by atoms with van der Waals surface area (Å²) in [4.78, 5) is 11.5. The van der Waals surface area contributed by atoms with Crippen molar-refractivity contribution in [2.45, 2.75) is 5.92 Å². The molecule has 88 valence electrons. The highest BCUT2D eigenvalue weighted by Crippen LogP contribution is 2.20. The maximum absolute atomic E-state index is 11.5. The summed E-state index contributed by atoms with van der Waals surface area (Å²) >= 11 is 0. The highest BCUT2D eigenvalue weighted by atomic mass is 16.5. The molecule has 0 aromatic heterocycles. The Balaban J connectivity index is 2.87. The third-order valence-corrected chi connectivity index (χ3v) is 2.34. The molecule has 0 heterocycles. The van der Waals surface area contributed by atoms with Crippen molar-refractivity contribution in [2.24, 2.45) is 0 Å². The van der Waals surface area contributed by atoms with Gasteiger partial charge in [0.1, 0.15) is 11.7 Å². The monoisotopic (exact) mass is 224 g/mol. The first-order valence-corrected chi connectivity index (χ1v) is 4.93. The Bertz CT molecular complexity index is 331. The smallest absolute Gasteiger partial charge is 0.315 e. The summed E-state index contributed by atoms with van der Waals surface area (Å²) in [5, 5.41) is 0. The van der Waals surface area contributed by atoms with Crippen LogP contribution < -0.4 is 4.74 Å². The Morgan fingerprint density at radius 3 is 2.25 bits per heavy atom. The number of methoxy groups -OCH3 is 3. The zero-order valence-corrected chi connectivity index (χ0v) is 9.73. The van der Waals surface area contributed by atoms with Gasteiger partial charge in [0.25, 0.3) is 0 Å². The number of hydrogen-bond donors (Lipinski definition) is 0. The van der Waals surface area contributed by atoms with Crippen molar-refractivity contribution in [2.75, 3.05) is 27.9 Å². The number of hydrogen-bond acceptors (Lipinski definition) is 4. The average molecular weight is 224 g/mol. The molecular weight excluding hydrogens is 208 g/mol. The van der Waals surface area contributed by atoms with Gasteiger partial charge in [0, 0.05) is 7.11 Å². The van der Waals surface area contributed by atoms with Gasteiger partial charge in [0.15, 0.2) is 0 Å². The van der Waals surface area contributed by atoms with Gasteiger partial charge >= 0.3 is 5.97 Å². The average Bonchev–Trinajstić information content (AvgIpc) is 2.35. The van der Waals surface area contributed by atoms with Gasteiger partial charge in [-0.1, -0.05) is 12.1 Å². The van der Waals surface area contributed by atoms with Crippen molar-refractivity contribution in [1.29, 1.82) is 0 Å². The summed E-state index contributed by atoms with van der Waals surface area (Å²) in [5.41, 5.74) is 0.856. The largest absolute Gasteiger partial charge is 0.497 e. The van der Waals surface area contributed by atoms with Crippen LogP contribution in [0.5, 0.6) is 5.75 Å². The second-order valence-electron chi connectivity index (χ2n) is 3.30. The quantitative estimate of drug-likeness (QED) is 0.712. The Hall–Kier alpha value is -1.55. The molecule has 0 bridgehead atoms. The molecule has 0 fully saturated rings. The molecule has 0 aliphatic carbocycles. The number of carbonyl (C=O) groups is 1. The molecule has 1 atom stereocenters. The van der Waals surface area contributed by atoms with Gasteiger partial charge in [-0.25, -0.2) is 0 Å². The van der Waals surface area contributed by atoms with Gasteiger partial charge in [-0.15, -0.1) is 0 Å². The third kappa shape index (κ3) is 2.97. The SMILES string of the molecule is COCC(C(=O)OC)c1ccc(OC)cc1. The molecule has 0 N–H and O–H groups in total. The molecular formula is C12H16O4. The predicted octanol–water partition coefficient (Wildman–Crippen LogP) is 1.60. The molecule has 4 nitrogen and oxygen atoms in total. The van der Waals surface area contributed by atoms with Gasteiger partial charge in [0.2, 0.25) is 0 Å². The molecule has 0 amide bonds. The summed E-state index contributed by atoms with van der Waals surface area (Å²) in [6, 6.07) is 7.28. The van der Waals surface area contributed by atoms with E-state index in [1.54, 1.807) is 26.4 Å². The fourth-order valence-electron chi connectivity index (χ4n) is 1.45. The van der Waals surface area contributed by atoms with Crippen LogP contribution >= 0.6 is 0 Å². The van der Waals surface area contributed by atoms with Crippen LogP contribution in [0, 0.1) is 0 Å². The van der Waals surface area contributed by atoms with Crippen LogP contribution in [0.2, 0.25) is 0 Å². The van der Waals surface area contributed by atoms with Gasteiger partial charge < -0.3 is 14.2 Å². The second-order valence-corrected chi connectivity index (χ2v) is 3.30. The fraction of sp³-hybridized carbons (Fsp3) is 0.417. The maximum atomic E-state index is 11.5. The topological polar surface area (TPSA) is 44.8 Å². The van der Waals surface area contributed by atoms with E-state index < -0.39 is 0 Å². The van der Waals surface area contributed by atoms with Crippen molar-refractivity contribution in [3.63, 3.8) is 0 Å². The lowest BCUT2D eigenvalue weighted by Crippen LogP contribution is -2.18. The number of rotatable bonds is 5. The predicted molar refractivity (Wildman–Crippen MR) is 59.6 cm³/mol. The number of benzene rings is 1. The van der Waals surface area contributed by atoms with Crippen LogP contribution in [0.4, 0.5) is 0 Å². The van der Waals surface area contributed by atoms with Gasteiger partial charge in [-0.3, -0.25) is 4.79 Å². The first kappa shape index (κ1) is 12.5. The summed E-state index contributed by atoms with van der Waals surface area (Å²) in [6.45, 7) is 0.305. The zero-order chi connectivity index (χ0) is 12.0. The lowest BCUT2D eigenvalue weighted by molar-refractivity contribution is -0.143. The Morgan fingerprint density at radius 2 is 1.81 bits per heavy atom. The highest BCUT2D eigenvalue weighted by molar-refractivity contribution is 5.78. The summed E-state index contributed by atoms with van der Waals surface area (Å²) in [5.74, 6) is 0.0673. The van der Waals surface area contributed by atoms with Crippen LogP contribution in [0.15, 0.2) is 24.3 Å². The highest BCUT2D eigenvalue weighted by Gasteiger charge is 2.21. The second kappa shape index (κ2) is 6.12. The minimum Gasteiger partial charge on any atom is -0.497 e. The Labute approximate surface area is 95.1 Å². The first-order chi connectivity index (χ1) is 7.72. The lowest BCUT2D eigenvalue weighted by atomic mass is 10.0. The summed E-state index contributed by atoms with van der Waals surface area (Å²) < 4.78 is 14.8. The summed E-state index contributed by atoms with van der Waals surface area (Å²) in [7, 11) is 4.52. The first-order valence-electron chi connectivity index (χ1n) is 4.93. The molecule has 1 rings (SSSR count). The van der Waals surface area contributed by atoms with Gasteiger partial charge in [-0.2, -0.15) is 0 Å². The van der Waals surface area contributed by atoms with Gasteiger partial charge in [-0.05, 0) is 17.7 Å². The van der Waals surface area contributed by atoms with Crippen molar-refractivity contribution in [1.82, 2.24) is 0 Å². The number of ether oxygens (including phenoxy) is 3. The molecule has 0 aliphatic rings. The van der Waals surface area contributed by atoms with E-state index in [4.69, 9.17) is 14.2 Å². The van der Waals surface area contributed by atoms with Crippen LogP contribution in [0.3, 0.4) is 0 Å². The normalized spacial score (nSPS) is 11.9. The minimum atomic E-state index is -0.388. The molecule has 16 heavy (non-hydrogen) atoms. The van der Waals surface area contributed by atoms with Crippen LogP contribution in [-0.4, -0.2) is 33.9 Å². The molecule has 4 heteroatoms. The fourth-order valence-corrected chi connectivity index (χ4v) is 1.45. The van der Waals surface area contributed by atoms with E-state index in [1.165, 1.54) is 7.11 Å². The number of carbonyl (C=O) groups excluding carboxylic acids is 1. The molecule has 0 saturated heterocycles. The zero-order valence-electron chi connectivity index (χ0n) is 9.73. The molecule has 0 saturated carbocycles. The molecule has 0 aliphatic heterocycles. The van der Waals surface area contributed by atoms with E-state index in [1.807, 2.05) is 12.1 Å². The third-order valence-electron chi connectivity index (χ3n) is 2.34. The lowest BCUT2D eigenvalue weighted by Gasteiger charge is -2.14. The van der Waals surface area contributed by atoms with E-state index in [9.17, 15) is 4.79 Å². The maximum Gasteiger partial charge on any atom is 0.315 e. The van der Waals surface area contributed by atoms with Crippen molar-refractivity contribution in [3.8, 4) is 5.75 Å². The van der Waals surface area contributed by atoms with E-state index in [0.29, 0.717) is 6.61 Å². The number of esters is 1. The van der Waals surface area contributed by atoms with Crippen LogP contribution in [0.25, 0.3) is 0 Å². The minimum absolute atomic E-state index is 0.299. The summed E-state index contributed by atoms with van der Waals surface area (Å²) in [6.07, 6.45) is 0. The molecule has 1 aromatic carbocycles. The molecule has 1 aromatic rings. The van der Waals surface area contributed by atoms with Crippen molar-refractivity contribution in [3.05, 3.63) is 29.8 Å². The van der Waals surface area contributed by atoms with E-state index >= 15 is 0 Å². The van der Waals surface area contributed by atoms with E-state index in [-0.39, 0.29) is 11.9 Å². The van der Waals surface area contributed by atoms with Crippen molar-refractivity contribution < 1.29 is 19.0 Å². The van der Waals surface area contributed by atoms with E-state index in [0.717, 1.165) is 11.3 Å². The van der Waals surface area contributed by atoms with Crippen molar-refractivity contribution >= 4 is 5.97 Å². The van der Waals surface area contributed by atoms with Gasteiger partial charge in [0.05, 0.1) is 20.8 Å². The molecule has 0 radical (unpaired) electrons. The Kier molecular flexibility index (Phi) is 4.79. The van der Waals surface area contributed by atoms with Crippen LogP contribution in [0.1, 0.15) is 11.5 Å². The molecule has 0 spiro atoms.